The van der Waals surface area contributed by atoms with E-state index in [-0.39, 0.29) is 12.5 Å². The minimum atomic E-state index is -0.332. The van der Waals surface area contributed by atoms with E-state index in [2.05, 4.69) is 15.3 Å². The van der Waals surface area contributed by atoms with Crippen LogP contribution in [0.25, 0.3) is 0 Å². The van der Waals surface area contributed by atoms with Crippen LogP contribution in [0.4, 0.5) is 5.82 Å². The second-order valence-electron chi connectivity index (χ2n) is 3.41. The van der Waals surface area contributed by atoms with Crippen LogP contribution in [0.15, 0.2) is 12.4 Å². The van der Waals surface area contributed by atoms with Crippen LogP contribution in [0.2, 0.25) is 0 Å². The second kappa shape index (κ2) is 6.02. The maximum absolute atomic E-state index is 10.8. The number of hydrogen-bond donors (Lipinski definition) is 2. The largest absolute Gasteiger partial charge is 0.372 e. The summed E-state index contributed by atoms with van der Waals surface area (Å²) in [6.45, 7) is 3.54. The Morgan fingerprint density at radius 2 is 2.25 bits per heavy atom. The number of hydrogen-bond acceptors (Lipinski definition) is 5. The van der Waals surface area contributed by atoms with Gasteiger partial charge in [0.25, 0.3) is 0 Å². The maximum Gasteiger partial charge on any atom is 0.231 e. The lowest BCUT2D eigenvalue weighted by Crippen LogP contribution is -2.33. The van der Waals surface area contributed by atoms with Crippen LogP contribution < -0.4 is 11.1 Å². The molecule has 88 valence electrons. The highest BCUT2D eigenvalue weighted by molar-refractivity contribution is 5.75. The van der Waals surface area contributed by atoms with Crippen molar-refractivity contribution in [1.29, 1.82) is 0 Å². The number of rotatable bonds is 6. The van der Waals surface area contributed by atoms with Gasteiger partial charge in [-0.2, -0.15) is 0 Å². The number of likely N-dealkylation sites (N-methyl/N-ethyl adjacent to an activating group) is 1. The highest BCUT2D eigenvalue weighted by atomic mass is 16.1. The van der Waals surface area contributed by atoms with Crippen molar-refractivity contribution in [1.82, 2.24) is 14.9 Å². The summed E-state index contributed by atoms with van der Waals surface area (Å²) in [5.41, 5.74) is 5.96. The molecule has 0 spiro atoms. The monoisotopic (exact) mass is 223 g/mol. The molecule has 0 bridgehead atoms. The van der Waals surface area contributed by atoms with Crippen molar-refractivity contribution in [2.24, 2.45) is 5.73 Å². The fraction of sp³-hybridized carbons (Fsp3) is 0.500. The van der Waals surface area contributed by atoms with Gasteiger partial charge in [0.15, 0.2) is 0 Å². The third kappa shape index (κ3) is 3.82. The summed E-state index contributed by atoms with van der Waals surface area (Å²) in [5.74, 6) is 0.392. The van der Waals surface area contributed by atoms with Gasteiger partial charge in [-0.15, -0.1) is 0 Å². The molecule has 0 aliphatic rings. The van der Waals surface area contributed by atoms with Crippen LogP contribution in [0.5, 0.6) is 0 Å². The predicted molar refractivity (Wildman–Crippen MR) is 61.7 cm³/mol. The molecule has 0 atom stereocenters. The third-order valence-electron chi connectivity index (χ3n) is 2.17. The molecule has 0 saturated heterocycles. The lowest BCUT2D eigenvalue weighted by atomic mass is 10.3. The van der Waals surface area contributed by atoms with E-state index in [1.807, 2.05) is 11.8 Å². The Balaban J connectivity index is 2.59. The zero-order valence-electron chi connectivity index (χ0n) is 9.60. The Labute approximate surface area is 94.9 Å². The van der Waals surface area contributed by atoms with Gasteiger partial charge in [-0.3, -0.25) is 14.7 Å². The number of primary amides is 1. The van der Waals surface area contributed by atoms with E-state index in [1.165, 1.54) is 0 Å². The fourth-order valence-electron chi connectivity index (χ4n) is 1.29. The van der Waals surface area contributed by atoms with Crippen molar-refractivity contribution in [2.75, 3.05) is 25.5 Å². The molecule has 1 amide bonds. The number of nitrogens with zero attached hydrogens (tertiary/aromatic N) is 3. The summed E-state index contributed by atoms with van der Waals surface area (Å²) in [5, 5.41) is 2.89. The minimum Gasteiger partial charge on any atom is -0.372 e. The number of carbonyl (C=O) groups is 1. The lowest BCUT2D eigenvalue weighted by Gasteiger charge is -2.17. The molecule has 0 aliphatic heterocycles. The molecular weight excluding hydrogens is 206 g/mol. The van der Waals surface area contributed by atoms with Crippen LogP contribution in [0.3, 0.4) is 0 Å². The third-order valence-corrected chi connectivity index (χ3v) is 2.17. The molecule has 6 nitrogen and oxygen atoms in total. The van der Waals surface area contributed by atoms with Crippen LogP contribution in [-0.4, -0.2) is 40.9 Å². The average Bonchev–Trinajstić information content (AvgIpc) is 2.28. The summed E-state index contributed by atoms with van der Waals surface area (Å²) < 4.78 is 0. The average molecular weight is 223 g/mol. The first-order chi connectivity index (χ1) is 7.65. The Hall–Kier alpha value is -1.69. The van der Waals surface area contributed by atoms with E-state index < -0.39 is 0 Å². The van der Waals surface area contributed by atoms with Gasteiger partial charge in [0.1, 0.15) is 5.82 Å². The normalized spacial score (nSPS) is 10.4. The van der Waals surface area contributed by atoms with E-state index in [1.54, 1.807) is 19.4 Å². The van der Waals surface area contributed by atoms with Gasteiger partial charge in [-0.05, 0) is 6.54 Å². The Morgan fingerprint density at radius 3 is 2.69 bits per heavy atom. The molecule has 0 aliphatic carbocycles. The van der Waals surface area contributed by atoms with Gasteiger partial charge in [0, 0.05) is 13.6 Å². The molecule has 0 fully saturated rings. The molecular formula is C10H17N5O. The first-order valence-corrected chi connectivity index (χ1v) is 5.15. The summed E-state index contributed by atoms with van der Waals surface area (Å²) in [7, 11) is 1.79. The molecule has 0 aromatic carbocycles. The Kier molecular flexibility index (Phi) is 4.65. The van der Waals surface area contributed by atoms with E-state index in [0.29, 0.717) is 6.54 Å². The van der Waals surface area contributed by atoms with Crippen LogP contribution in [0.1, 0.15) is 12.6 Å². The zero-order chi connectivity index (χ0) is 12.0. The smallest absolute Gasteiger partial charge is 0.231 e. The molecule has 0 saturated carbocycles. The molecule has 1 aromatic rings. The highest BCUT2D eigenvalue weighted by Gasteiger charge is 2.07. The second-order valence-corrected chi connectivity index (χ2v) is 3.41. The van der Waals surface area contributed by atoms with Crippen molar-refractivity contribution in [2.45, 2.75) is 13.5 Å². The molecule has 1 heterocycles. The van der Waals surface area contributed by atoms with Crippen molar-refractivity contribution in [3.8, 4) is 0 Å². The SMILES string of the molecule is CCN(CC(N)=O)Cc1cnc(NC)cn1. The molecule has 3 N–H and O–H groups in total. The zero-order valence-corrected chi connectivity index (χ0v) is 9.60. The summed E-state index contributed by atoms with van der Waals surface area (Å²) in [6, 6.07) is 0. The molecule has 1 aromatic heterocycles. The maximum atomic E-state index is 10.8. The molecule has 1 rings (SSSR count). The number of anilines is 1. The summed E-state index contributed by atoms with van der Waals surface area (Å²) in [4.78, 5) is 21.1. The van der Waals surface area contributed by atoms with Crippen LogP contribution >= 0.6 is 0 Å². The highest BCUT2D eigenvalue weighted by Crippen LogP contribution is 2.03. The van der Waals surface area contributed by atoms with E-state index in [9.17, 15) is 4.79 Å². The summed E-state index contributed by atoms with van der Waals surface area (Å²) >= 11 is 0. The first-order valence-electron chi connectivity index (χ1n) is 5.15. The van der Waals surface area contributed by atoms with Crippen molar-refractivity contribution < 1.29 is 4.79 Å². The van der Waals surface area contributed by atoms with Gasteiger partial charge in [0.05, 0.1) is 24.6 Å². The molecule has 0 radical (unpaired) electrons. The molecule has 16 heavy (non-hydrogen) atoms. The van der Waals surface area contributed by atoms with Crippen molar-refractivity contribution in [3.05, 3.63) is 18.1 Å². The van der Waals surface area contributed by atoms with E-state index in [4.69, 9.17) is 5.73 Å². The number of nitrogens with one attached hydrogen (secondary N) is 1. The topological polar surface area (TPSA) is 84.1 Å². The van der Waals surface area contributed by atoms with Gasteiger partial charge < -0.3 is 11.1 Å². The molecule has 0 unspecified atom stereocenters. The number of aromatic nitrogens is 2. The number of carbonyl (C=O) groups excluding carboxylic acids is 1. The van der Waals surface area contributed by atoms with E-state index >= 15 is 0 Å². The van der Waals surface area contributed by atoms with Crippen LogP contribution in [0, 0.1) is 0 Å². The number of nitrogens with two attached hydrogens (primary N) is 1. The van der Waals surface area contributed by atoms with Gasteiger partial charge in [0.2, 0.25) is 5.91 Å². The first kappa shape index (κ1) is 12.4. The Bertz CT molecular complexity index is 338. The van der Waals surface area contributed by atoms with Gasteiger partial charge in [-0.25, -0.2) is 4.98 Å². The van der Waals surface area contributed by atoms with Crippen molar-refractivity contribution in [3.63, 3.8) is 0 Å². The van der Waals surface area contributed by atoms with Gasteiger partial charge in [-0.1, -0.05) is 6.92 Å². The van der Waals surface area contributed by atoms with Gasteiger partial charge >= 0.3 is 0 Å². The molecule has 6 heteroatoms. The Morgan fingerprint density at radius 1 is 1.50 bits per heavy atom. The van der Waals surface area contributed by atoms with Crippen molar-refractivity contribution >= 4 is 11.7 Å². The summed E-state index contributed by atoms with van der Waals surface area (Å²) in [6.07, 6.45) is 3.35. The van der Waals surface area contributed by atoms with Crippen LogP contribution in [-0.2, 0) is 11.3 Å². The minimum absolute atomic E-state index is 0.242. The fourth-order valence-corrected chi connectivity index (χ4v) is 1.29. The number of amides is 1. The predicted octanol–water partition coefficient (Wildman–Crippen LogP) is -0.174. The quantitative estimate of drug-likeness (QED) is 0.699. The van der Waals surface area contributed by atoms with E-state index in [0.717, 1.165) is 18.1 Å². The standard InChI is InChI=1S/C10H17N5O/c1-3-15(7-9(11)16)6-8-4-14-10(12-2)5-13-8/h4-5H,3,6-7H2,1-2H3,(H2,11,16)(H,12,14). The lowest BCUT2D eigenvalue weighted by molar-refractivity contribution is -0.119.